The number of aliphatic hydroxyl groups is 1. The fourth-order valence-electron chi connectivity index (χ4n) is 2.67. The number of carbonyl (C=O) groups excluding carboxylic acids is 4. The van der Waals surface area contributed by atoms with Gasteiger partial charge in [0.05, 0.1) is 13.7 Å². The summed E-state index contributed by atoms with van der Waals surface area (Å²) >= 11 is 1.51. The lowest BCUT2D eigenvalue weighted by molar-refractivity contribution is -0.145. The van der Waals surface area contributed by atoms with Gasteiger partial charge in [-0.1, -0.05) is 30.3 Å². The third kappa shape index (κ3) is 8.83. The van der Waals surface area contributed by atoms with Crippen LogP contribution in [0.3, 0.4) is 0 Å². The van der Waals surface area contributed by atoms with Crippen LogP contribution in [0.15, 0.2) is 30.3 Å². The van der Waals surface area contributed by atoms with Crippen molar-refractivity contribution < 1.29 is 29.0 Å². The fraction of sp³-hybridized carbons (Fsp3) is 0.500. The molecule has 0 aliphatic rings. The first kappa shape index (κ1) is 25.4. The summed E-state index contributed by atoms with van der Waals surface area (Å²) in [5.41, 5.74) is 0.806. The molecule has 3 amide bonds. The highest BCUT2D eigenvalue weighted by Gasteiger charge is 2.29. The summed E-state index contributed by atoms with van der Waals surface area (Å²) in [7, 11) is 1.21. The number of hydrogen-bond acceptors (Lipinski definition) is 7. The summed E-state index contributed by atoms with van der Waals surface area (Å²) in [4.78, 5) is 48.6. The molecule has 0 radical (unpaired) electrons. The minimum absolute atomic E-state index is 0.188. The largest absolute Gasteiger partial charge is 0.467 e. The summed E-state index contributed by atoms with van der Waals surface area (Å²) in [6.07, 6.45) is 2.42. The van der Waals surface area contributed by atoms with Gasteiger partial charge < -0.3 is 25.8 Å². The quantitative estimate of drug-likeness (QED) is 0.326. The maximum absolute atomic E-state index is 12.6. The predicted molar refractivity (Wildman–Crippen MR) is 114 cm³/mol. The highest BCUT2D eigenvalue weighted by atomic mass is 32.2. The Kier molecular flexibility index (Phi) is 11.5. The minimum Gasteiger partial charge on any atom is -0.467 e. The molecule has 1 aromatic carbocycles. The first-order valence-corrected chi connectivity index (χ1v) is 10.8. The van der Waals surface area contributed by atoms with Crippen molar-refractivity contribution in [3.63, 3.8) is 0 Å². The van der Waals surface area contributed by atoms with E-state index in [0.29, 0.717) is 12.2 Å². The van der Waals surface area contributed by atoms with Crippen LogP contribution < -0.4 is 16.0 Å². The van der Waals surface area contributed by atoms with Crippen molar-refractivity contribution in [2.75, 3.05) is 25.7 Å². The van der Waals surface area contributed by atoms with Crippen molar-refractivity contribution in [2.24, 2.45) is 0 Å². The maximum atomic E-state index is 12.6. The minimum atomic E-state index is -1.29. The number of nitrogens with one attached hydrogen (secondary N) is 3. The molecule has 3 atom stereocenters. The molecule has 0 saturated heterocycles. The van der Waals surface area contributed by atoms with Crippen molar-refractivity contribution in [1.82, 2.24) is 16.0 Å². The van der Waals surface area contributed by atoms with E-state index in [4.69, 9.17) is 4.74 Å². The van der Waals surface area contributed by atoms with Crippen molar-refractivity contribution in [3.8, 4) is 0 Å². The molecule has 0 aliphatic heterocycles. The van der Waals surface area contributed by atoms with Crippen LogP contribution in [0.25, 0.3) is 0 Å². The molecule has 30 heavy (non-hydrogen) atoms. The molecule has 0 aliphatic carbocycles. The lowest BCUT2D eigenvalue weighted by atomic mass is 10.1. The van der Waals surface area contributed by atoms with Crippen LogP contribution in [-0.2, 0) is 30.3 Å². The molecule has 1 aromatic rings. The van der Waals surface area contributed by atoms with E-state index in [2.05, 4.69) is 16.0 Å². The van der Waals surface area contributed by atoms with E-state index in [-0.39, 0.29) is 12.3 Å². The molecule has 1 rings (SSSR count). The number of carbonyl (C=O) groups is 4. The number of rotatable bonds is 12. The van der Waals surface area contributed by atoms with Crippen molar-refractivity contribution in [2.45, 2.75) is 37.9 Å². The number of methoxy groups -OCH3 is 1. The topological polar surface area (TPSA) is 134 Å². The highest BCUT2D eigenvalue weighted by molar-refractivity contribution is 7.98. The standard InChI is InChI=1S/C20H29N3O6S/c1-13(25)21-15(9-10-30-3)18(26)23-17(12-24)19(27)22-16(20(28)29-2)11-14-7-5-4-6-8-14/h4-8,15-17,24H,9-12H2,1-3H3,(H,21,25)(H,22,27)(H,23,26)/t15?,16-,17-/m0/s1. The zero-order valence-electron chi connectivity index (χ0n) is 17.3. The zero-order chi connectivity index (χ0) is 22.5. The lowest BCUT2D eigenvalue weighted by Gasteiger charge is -2.23. The number of esters is 1. The Balaban J connectivity index is 2.83. The second-order valence-electron chi connectivity index (χ2n) is 6.55. The Morgan fingerprint density at radius 1 is 1.00 bits per heavy atom. The highest BCUT2D eigenvalue weighted by Crippen LogP contribution is 2.06. The second-order valence-corrected chi connectivity index (χ2v) is 7.54. The molecule has 0 spiro atoms. The number of thioether (sulfide) groups is 1. The average molecular weight is 440 g/mol. The third-order valence-electron chi connectivity index (χ3n) is 4.21. The van der Waals surface area contributed by atoms with Crippen LogP contribution in [0.4, 0.5) is 0 Å². The molecule has 1 unspecified atom stereocenters. The van der Waals surface area contributed by atoms with Gasteiger partial charge in [0.1, 0.15) is 18.1 Å². The summed E-state index contributed by atoms with van der Waals surface area (Å²) in [6, 6.07) is 5.93. The zero-order valence-corrected chi connectivity index (χ0v) is 18.2. The van der Waals surface area contributed by atoms with Gasteiger partial charge in [0.25, 0.3) is 0 Å². The van der Waals surface area contributed by atoms with E-state index >= 15 is 0 Å². The Bertz CT molecular complexity index is 716. The van der Waals surface area contributed by atoms with Gasteiger partial charge in [0.2, 0.25) is 17.7 Å². The van der Waals surface area contributed by atoms with Crippen LogP contribution in [0.1, 0.15) is 18.9 Å². The summed E-state index contributed by atoms with van der Waals surface area (Å²) in [6.45, 7) is 0.617. The first-order chi connectivity index (χ1) is 14.3. The number of ether oxygens (including phenoxy) is 1. The maximum Gasteiger partial charge on any atom is 0.328 e. The Morgan fingerprint density at radius 3 is 2.13 bits per heavy atom. The molecule has 4 N–H and O–H groups in total. The predicted octanol–water partition coefficient (Wildman–Crippen LogP) is -0.378. The van der Waals surface area contributed by atoms with E-state index < -0.39 is 42.5 Å². The molecule has 0 heterocycles. The van der Waals surface area contributed by atoms with Gasteiger partial charge in [-0.3, -0.25) is 14.4 Å². The lowest BCUT2D eigenvalue weighted by Crippen LogP contribution is -2.57. The molecule has 9 nitrogen and oxygen atoms in total. The van der Waals surface area contributed by atoms with Crippen LogP contribution in [0.5, 0.6) is 0 Å². The van der Waals surface area contributed by atoms with E-state index in [0.717, 1.165) is 5.56 Å². The van der Waals surface area contributed by atoms with Gasteiger partial charge in [0.15, 0.2) is 0 Å². The molecular weight excluding hydrogens is 410 g/mol. The molecular formula is C20H29N3O6S. The second kappa shape index (κ2) is 13.6. The molecule has 0 aromatic heterocycles. The van der Waals surface area contributed by atoms with Crippen molar-refractivity contribution >= 4 is 35.5 Å². The third-order valence-corrected chi connectivity index (χ3v) is 4.85. The van der Waals surface area contributed by atoms with E-state index in [1.807, 2.05) is 12.3 Å². The average Bonchev–Trinajstić information content (AvgIpc) is 2.73. The van der Waals surface area contributed by atoms with Crippen molar-refractivity contribution in [3.05, 3.63) is 35.9 Å². The number of amides is 3. The van der Waals surface area contributed by atoms with E-state index in [9.17, 15) is 24.3 Å². The summed E-state index contributed by atoms with van der Waals surface area (Å²) in [5.74, 6) is -1.73. The normalized spacial score (nSPS) is 13.5. The van der Waals surface area contributed by atoms with E-state index in [1.54, 1.807) is 24.3 Å². The van der Waals surface area contributed by atoms with Crippen LogP contribution in [0.2, 0.25) is 0 Å². The van der Waals surface area contributed by atoms with Crippen LogP contribution in [-0.4, -0.2) is 72.6 Å². The van der Waals surface area contributed by atoms with Gasteiger partial charge >= 0.3 is 5.97 Å². The Labute approximate surface area is 180 Å². The van der Waals surface area contributed by atoms with Crippen LogP contribution >= 0.6 is 11.8 Å². The molecule has 0 bridgehead atoms. The summed E-state index contributed by atoms with van der Waals surface area (Å²) < 4.78 is 4.75. The number of hydrogen-bond donors (Lipinski definition) is 4. The van der Waals surface area contributed by atoms with E-state index in [1.165, 1.54) is 25.8 Å². The van der Waals surface area contributed by atoms with Gasteiger partial charge in [-0.15, -0.1) is 0 Å². The summed E-state index contributed by atoms with van der Waals surface area (Å²) in [5, 5.41) is 17.1. The molecule has 0 fully saturated rings. The van der Waals surface area contributed by atoms with Gasteiger partial charge in [-0.05, 0) is 24.0 Å². The smallest absolute Gasteiger partial charge is 0.328 e. The van der Waals surface area contributed by atoms with Gasteiger partial charge in [-0.25, -0.2) is 4.79 Å². The number of aliphatic hydroxyl groups excluding tert-OH is 1. The van der Waals surface area contributed by atoms with Crippen molar-refractivity contribution in [1.29, 1.82) is 0 Å². The van der Waals surface area contributed by atoms with Gasteiger partial charge in [0, 0.05) is 13.3 Å². The van der Waals surface area contributed by atoms with Gasteiger partial charge in [-0.2, -0.15) is 11.8 Å². The SMILES string of the molecule is COC(=O)[C@H](Cc1ccccc1)NC(=O)[C@H](CO)NC(=O)C(CCSC)NC(C)=O. The molecule has 166 valence electrons. The Morgan fingerprint density at radius 2 is 1.60 bits per heavy atom. The van der Waals surface area contributed by atoms with Crippen LogP contribution in [0, 0.1) is 0 Å². The molecule has 10 heteroatoms. The first-order valence-electron chi connectivity index (χ1n) is 9.41. The molecule has 0 saturated carbocycles. The fourth-order valence-corrected chi connectivity index (χ4v) is 3.15. The monoisotopic (exact) mass is 439 g/mol. The Hall–Kier alpha value is -2.59. The number of benzene rings is 1.